The zero-order valence-corrected chi connectivity index (χ0v) is 18.9. The van der Waals surface area contributed by atoms with Gasteiger partial charge in [-0.15, -0.1) is 0 Å². The Hall–Kier alpha value is -3.21. The zero-order valence-electron chi connectivity index (χ0n) is 18.9. The van der Waals surface area contributed by atoms with Crippen molar-refractivity contribution < 1.29 is 14.4 Å². The lowest BCUT2D eigenvalue weighted by Gasteiger charge is -2.37. The summed E-state index contributed by atoms with van der Waals surface area (Å²) in [6.45, 7) is 3.92. The van der Waals surface area contributed by atoms with E-state index in [1.54, 1.807) is 0 Å². The van der Waals surface area contributed by atoms with Crippen molar-refractivity contribution in [3.05, 3.63) is 77.4 Å². The molecule has 1 aliphatic heterocycles. The summed E-state index contributed by atoms with van der Waals surface area (Å²) in [6, 6.07) is 14.7. The van der Waals surface area contributed by atoms with Gasteiger partial charge in [-0.05, 0) is 66.7 Å². The predicted molar refractivity (Wildman–Crippen MR) is 125 cm³/mol. The minimum atomic E-state index is -0.867. The molecule has 1 saturated heterocycles. The Kier molecular flexibility index (Phi) is 4.58. The van der Waals surface area contributed by atoms with Gasteiger partial charge >= 0.3 is 0 Å². The molecule has 1 heterocycles. The van der Waals surface area contributed by atoms with Crippen LogP contribution in [0.3, 0.4) is 0 Å². The van der Waals surface area contributed by atoms with Crippen molar-refractivity contribution in [3.63, 3.8) is 0 Å². The largest absolute Gasteiger partial charge is 0.324 e. The van der Waals surface area contributed by atoms with E-state index in [4.69, 9.17) is 0 Å². The van der Waals surface area contributed by atoms with Crippen LogP contribution in [0.15, 0.2) is 60.7 Å². The Morgan fingerprint density at radius 3 is 2.24 bits per heavy atom. The summed E-state index contributed by atoms with van der Waals surface area (Å²) < 4.78 is 0. The molecule has 2 aromatic rings. The maximum Gasteiger partial charge on any atom is 0.248 e. The average Bonchev–Trinajstić information content (AvgIpc) is 3.59. The molecule has 0 spiro atoms. The van der Waals surface area contributed by atoms with E-state index < -0.39 is 6.04 Å². The standard InChI is InChI=1S/C28H28N2O3/c1-15-8-9-16(2)22(12-15)29-26(31)23(13-17-6-4-3-5-7-17)30-27(32)24-18-10-11-19(21-14-20(18)21)25(24)28(30)33/h3-12,18-21,23-25H,13-14H2,1-2H3,(H,29,31). The Morgan fingerprint density at radius 1 is 0.970 bits per heavy atom. The number of aryl methyl sites for hydroxylation is 2. The van der Waals surface area contributed by atoms with Crippen molar-refractivity contribution in [2.45, 2.75) is 32.7 Å². The molecule has 33 heavy (non-hydrogen) atoms. The highest BCUT2D eigenvalue weighted by atomic mass is 16.2. The number of carbonyl (C=O) groups is 3. The van der Waals surface area contributed by atoms with Gasteiger partial charge in [-0.1, -0.05) is 54.6 Å². The summed E-state index contributed by atoms with van der Waals surface area (Å²) in [4.78, 5) is 42.4. The summed E-state index contributed by atoms with van der Waals surface area (Å²) in [6.07, 6.45) is 5.76. The average molecular weight is 441 g/mol. The lowest BCUT2D eigenvalue weighted by atomic mass is 9.63. The third-order valence-electron chi connectivity index (χ3n) is 8.23. The Morgan fingerprint density at radius 2 is 1.61 bits per heavy atom. The molecule has 7 rings (SSSR count). The molecule has 3 amide bonds. The van der Waals surface area contributed by atoms with E-state index in [1.165, 1.54) is 4.90 Å². The number of imide groups is 1. The van der Waals surface area contributed by atoms with Gasteiger partial charge < -0.3 is 5.32 Å². The van der Waals surface area contributed by atoms with Crippen LogP contribution < -0.4 is 5.32 Å². The molecular weight excluding hydrogens is 412 g/mol. The third-order valence-corrected chi connectivity index (χ3v) is 8.23. The first-order valence-corrected chi connectivity index (χ1v) is 11.9. The molecule has 5 heteroatoms. The number of hydrogen-bond acceptors (Lipinski definition) is 3. The monoisotopic (exact) mass is 440 g/mol. The SMILES string of the molecule is Cc1ccc(C)c(NC(=O)C(Cc2ccccc2)N2C(=O)C3C4C=CC(C5CC45)C3C2=O)c1. The van der Waals surface area contributed by atoms with E-state index in [-0.39, 0.29) is 41.4 Å². The number of anilines is 1. The van der Waals surface area contributed by atoms with Gasteiger partial charge in [0.25, 0.3) is 0 Å². The summed E-state index contributed by atoms with van der Waals surface area (Å²) >= 11 is 0. The quantitative estimate of drug-likeness (QED) is 0.566. The van der Waals surface area contributed by atoms with Gasteiger partial charge in [0.2, 0.25) is 17.7 Å². The maximum atomic E-state index is 13.7. The van der Waals surface area contributed by atoms with Crippen molar-refractivity contribution in [3.8, 4) is 0 Å². The molecule has 0 radical (unpaired) electrons. The van der Waals surface area contributed by atoms with Crippen molar-refractivity contribution in [2.24, 2.45) is 35.5 Å². The fourth-order valence-corrected chi connectivity index (χ4v) is 6.51. The van der Waals surface area contributed by atoms with Crippen molar-refractivity contribution in [1.29, 1.82) is 0 Å². The normalized spacial score (nSPS) is 31.9. The highest BCUT2D eigenvalue weighted by Crippen LogP contribution is 2.65. The van der Waals surface area contributed by atoms with Crippen LogP contribution in [-0.4, -0.2) is 28.7 Å². The van der Waals surface area contributed by atoms with Gasteiger partial charge in [0.15, 0.2) is 0 Å². The second-order valence-electron chi connectivity index (χ2n) is 10.2. The number of rotatable bonds is 5. The molecule has 5 aliphatic rings. The van der Waals surface area contributed by atoms with E-state index in [9.17, 15) is 14.4 Å². The highest BCUT2D eigenvalue weighted by molar-refractivity contribution is 6.11. The van der Waals surface area contributed by atoms with Crippen LogP contribution in [0.5, 0.6) is 0 Å². The van der Waals surface area contributed by atoms with Gasteiger partial charge in [-0.3, -0.25) is 19.3 Å². The summed E-state index contributed by atoms with van der Waals surface area (Å²) in [5.41, 5.74) is 3.63. The van der Waals surface area contributed by atoms with E-state index >= 15 is 0 Å². The Balaban J connectivity index is 1.34. The lowest BCUT2D eigenvalue weighted by molar-refractivity contribution is -0.146. The Labute approximate surface area is 193 Å². The maximum absolute atomic E-state index is 13.7. The summed E-state index contributed by atoms with van der Waals surface area (Å²) in [7, 11) is 0. The molecule has 7 atom stereocenters. The fraction of sp³-hybridized carbons (Fsp3) is 0.393. The van der Waals surface area contributed by atoms with Crippen LogP contribution in [0.1, 0.15) is 23.1 Å². The summed E-state index contributed by atoms with van der Waals surface area (Å²) in [5.74, 6) is 0.128. The van der Waals surface area contributed by atoms with Gasteiger partial charge in [-0.25, -0.2) is 0 Å². The number of likely N-dealkylation sites (tertiary alicyclic amines) is 1. The van der Waals surface area contributed by atoms with E-state index in [2.05, 4.69) is 17.5 Å². The van der Waals surface area contributed by atoms with Crippen molar-refractivity contribution in [2.75, 3.05) is 5.32 Å². The Bertz CT molecular complexity index is 1150. The van der Waals surface area contributed by atoms with E-state index in [0.717, 1.165) is 28.8 Å². The van der Waals surface area contributed by atoms with E-state index in [1.807, 2.05) is 62.4 Å². The smallest absolute Gasteiger partial charge is 0.248 e. The van der Waals surface area contributed by atoms with Gasteiger partial charge in [0.05, 0.1) is 11.8 Å². The van der Waals surface area contributed by atoms with Gasteiger partial charge in [0, 0.05) is 12.1 Å². The molecule has 2 saturated carbocycles. The molecule has 1 N–H and O–H groups in total. The first-order valence-electron chi connectivity index (χ1n) is 11.9. The van der Waals surface area contributed by atoms with Crippen molar-refractivity contribution >= 4 is 23.4 Å². The van der Waals surface area contributed by atoms with E-state index in [0.29, 0.717) is 18.3 Å². The van der Waals surface area contributed by atoms with Crippen LogP contribution in [0, 0.1) is 49.4 Å². The number of nitrogens with zero attached hydrogens (tertiary/aromatic N) is 1. The number of carbonyl (C=O) groups excluding carboxylic acids is 3. The molecule has 2 aromatic carbocycles. The first-order chi connectivity index (χ1) is 15.9. The van der Waals surface area contributed by atoms with Gasteiger partial charge in [-0.2, -0.15) is 0 Å². The number of benzene rings is 2. The summed E-state index contributed by atoms with van der Waals surface area (Å²) in [5, 5.41) is 3.03. The molecular formula is C28H28N2O3. The number of hydrogen-bond donors (Lipinski definition) is 1. The minimum Gasteiger partial charge on any atom is -0.324 e. The van der Waals surface area contributed by atoms with Crippen LogP contribution in [0.2, 0.25) is 0 Å². The third kappa shape index (κ3) is 3.17. The first kappa shape index (κ1) is 20.4. The van der Waals surface area contributed by atoms with Crippen LogP contribution in [-0.2, 0) is 20.8 Å². The molecule has 7 unspecified atom stereocenters. The molecule has 4 aliphatic carbocycles. The molecule has 3 fully saturated rings. The molecule has 0 aromatic heterocycles. The molecule has 168 valence electrons. The highest BCUT2D eigenvalue weighted by Gasteiger charge is 2.67. The lowest BCUT2D eigenvalue weighted by Crippen LogP contribution is -2.49. The van der Waals surface area contributed by atoms with Crippen LogP contribution >= 0.6 is 0 Å². The minimum absolute atomic E-state index is 0.144. The number of allylic oxidation sites excluding steroid dienone is 2. The fourth-order valence-electron chi connectivity index (χ4n) is 6.51. The zero-order chi connectivity index (χ0) is 22.9. The molecule has 2 bridgehead atoms. The number of nitrogens with one attached hydrogen (secondary N) is 1. The van der Waals surface area contributed by atoms with Crippen LogP contribution in [0.25, 0.3) is 0 Å². The second kappa shape index (κ2) is 7.41. The van der Waals surface area contributed by atoms with Crippen molar-refractivity contribution in [1.82, 2.24) is 4.90 Å². The number of amides is 3. The topological polar surface area (TPSA) is 66.5 Å². The molecule has 5 nitrogen and oxygen atoms in total. The van der Waals surface area contributed by atoms with Gasteiger partial charge in [0.1, 0.15) is 6.04 Å². The van der Waals surface area contributed by atoms with Crippen LogP contribution in [0.4, 0.5) is 5.69 Å². The predicted octanol–water partition coefficient (Wildman–Crippen LogP) is 3.91. The second-order valence-corrected chi connectivity index (χ2v) is 10.2.